The minimum atomic E-state index is 0. The molecule has 1 aromatic carbocycles. The molecule has 1 amide bonds. The summed E-state index contributed by atoms with van der Waals surface area (Å²) in [7, 11) is 0. The fourth-order valence-corrected chi connectivity index (χ4v) is 2.68. The monoisotopic (exact) mass is 312 g/mol. The van der Waals surface area contributed by atoms with Crippen LogP contribution in [0.1, 0.15) is 18.4 Å². The molecule has 3 rings (SSSR count). The fraction of sp³-hybridized carbons (Fsp3) is 0.533. The molecule has 1 aromatic rings. The summed E-state index contributed by atoms with van der Waals surface area (Å²) in [4.78, 5) is 12.1. The molecular formula is C15H21ClN2O3. The van der Waals surface area contributed by atoms with Crippen molar-refractivity contribution in [2.75, 3.05) is 26.3 Å². The van der Waals surface area contributed by atoms with Gasteiger partial charge in [0.15, 0.2) is 11.5 Å². The van der Waals surface area contributed by atoms with Crippen LogP contribution < -0.4 is 20.1 Å². The second kappa shape index (κ2) is 7.52. The van der Waals surface area contributed by atoms with Gasteiger partial charge in [-0.2, -0.15) is 0 Å². The van der Waals surface area contributed by atoms with Crippen LogP contribution in [0.2, 0.25) is 0 Å². The zero-order valence-electron chi connectivity index (χ0n) is 11.9. The van der Waals surface area contributed by atoms with Crippen LogP contribution >= 0.6 is 12.4 Å². The molecule has 5 nitrogen and oxygen atoms in total. The van der Waals surface area contributed by atoms with Crippen LogP contribution in [0.4, 0.5) is 0 Å². The second-order valence-electron chi connectivity index (χ2n) is 5.20. The van der Waals surface area contributed by atoms with Gasteiger partial charge in [-0.1, -0.05) is 12.1 Å². The number of piperidine rings is 1. The number of para-hydroxylation sites is 1. The van der Waals surface area contributed by atoms with Gasteiger partial charge in [0, 0.05) is 18.7 Å². The first-order valence-electron chi connectivity index (χ1n) is 7.20. The van der Waals surface area contributed by atoms with Crippen molar-refractivity contribution in [2.45, 2.75) is 19.4 Å². The van der Waals surface area contributed by atoms with Gasteiger partial charge in [-0.05, 0) is 25.5 Å². The van der Waals surface area contributed by atoms with Crippen molar-refractivity contribution in [3.63, 3.8) is 0 Å². The number of rotatable bonds is 3. The summed E-state index contributed by atoms with van der Waals surface area (Å²) in [5, 5.41) is 6.26. The highest BCUT2D eigenvalue weighted by Gasteiger charge is 2.21. The van der Waals surface area contributed by atoms with Crippen molar-refractivity contribution < 1.29 is 14.3 Å². The molecule has 0 bridgehead atoms. The van der Waals surface area contributed by atoms with Crippen molar-refractivity contribution in [1.82, 2.24) is 10.6 Å². The third-order valence-electron chi connectivity index (χ3n) is 3.77. The van der Waals surface area contributed by atoms with Gasteiger partial charge >= 0.3 is 0 Å². The number of halogens is 1. The zero-order chi connectivity index (χ0) is 13.8. The van der Waals surface area contributed by atoms with Crippen LogP contribution in [-0.2, 0) is 11.3 Å². The van der Waals surface area contributed by atoms with Crippen LogP contribution in [0.15, 0.2) is 18.2 Å². The summed E-state index contributed by atoms with van der Waals surface area (Å²) in [6, 6.07) is 5.79. The largest absolute Gasteiger partial charge is 0.486 e. The fourth-order valence-electron chi connectivity index (χ4n) is 2.68. The predicted octanol–water partition coefficient (Wildman–Crippen LogP) is 1.50. The van der Waals surface area contributed by atoms with E-state index >= 15 is 0 Å². The van der Waals surface area contributed by atoms with E-state index in [-0.39, 0.29) is 24.2 Å². The van der Waals surface area contributed by atoms with Crippen molar-refractivity contribution in [3.8, 4) is 11.5 Å². The Morgan fingerprint density at radius 2 is 2.19 bits per heavy atom. The molecule has 0 aliphatic carbocycles. The Labute approximate surface area is 130 Å². The highest BCUT2D eigenvalue weighted by molar-refractivity contribution is 5.85. The molecule has 0 aromatic heterocycles. The number of nitrogens with one attached hydrogen (secondary N) is 2. The standard InChI is InChI=1S/C15H20N2O3.ClH/c18-15(12-4-2-6-16-9-12)17-10-11-3-1-5-13-14(11)20-8-7-19-13;/h1,3,5,12,16H,2,4,6-10H2,(H,17,18);1H. The molecule has 1 fully saturated rings. The van der Waals surface area contributed by atoms with Gasteiger partial charge in [0.2, 0.25) is 5.91 Å². The number of carbonyl (C=O) groups excluding carboxylic acids is 1. The first-order valence-corrected chi connectivity index (χ1v) is 7.20. The lowest BCUT2D eigenvalue weighted by atomic mass is 9.99. The maximum atomic E-state index is 12.1. The molecule has 2 aliphatic heterocycles. The van der Waals surface area contributed by atoms with Gasteiger partial charge in [0.05, 0.1) is 5.92 Å². The van der Waals surface area contributed by atoms with Gasteiger partial charge < -0.3 is 20.1 Å². The maximum absolute atomic E-state index is 12.1. The van der Waals surface area contributed by atoms with Crippen LogP contribution in [0.3, 0.4) is 0 Å². The van der Waals surface area contributed by atoms with Gasteiger partial charge in [-0.3, -0.25) is 4.79 Å². The summed E-state index contributed by atoms with van der Waals surface area (Å²) in [6.45, 7) is 3.42. The number of ether oxygens (including phenoxy) is 2. The second-order valence-corrected chi connectivity index (χ2v) is 5.20. The lowest BCUT2D eigenvalue weighted by Crippen LogP contribution is -2.40. The first-order chi connectivity index (χ1) is 9.84. The molecule has 6 heteroatoms. The summed E-state index contributed by atoms with van der Waals surface area (Å²) >= 11 is 0. The van der Waals surface area contributed by atoms with Gasteiger partial charge in [0.25, 0.3) is 0 Å². The highest BCUT2D eigenvalue weighted by atomic mass is 35.5. The third kappa shape index (κ3) is 3.80. The van der Waals surface area contributed by atoms with E-state index in [1.54, 1.807) is 0 Å². The van der Waals surface area contributed by atoms with Crippen LogP contribution in [0, 0.1) is 5.92 Å². The molecule has 0 radical (unpaired) electrons. The Bertz CT molecular complexity index is 490. The lowest BCUT2D eigenvalue weighted by Gasteiger charge is -2.23. The molecule has 2 aliphatic rings. The van der Waals surface area contributed by atoms with Gasteiger partial charge in [-0.15, -0.1) is 12.4 Å². The van der Waals surface area contributed by atoms with Gasteiger partial charge in [-0.25, -0.2) is 0 Å². The highest BCUT2D eigenvalue weighted by Crippen LogP contribution is 2.33. The molecule has 21 heavy (non-hydrogen) atoms. The molecule has 1 atom stereocenters. The molecule has 116 valence electrons. The van der Waals surface area contributed by atoms with Gasteiger partial charge in [0.1, 0.15) is 13.2 Å². The molecule has 1 unspecified atom stereocenters. The normalized spacial score (nSPS) is 20.3. The van der Waals surface area contributed by atoms with E-state index < -0.39 is 0 Å². The number of carbonyl (C=O) groups is 1. The Balaban J connectivity index is 0.00000161. The Morgan fingerprint density at radius 1 is 1.33 bits per heavy atom. The molecule has 2 N–H and O–H groups in total. The van der Waals surface area contributed by atoms with E-state index in [1.807, 2.05) is 18.2 Å². The summed E-state index contributed by atoms with van der Waals surface area (Å²) < 4.78 is 11.2. The van der Waals surface area contributed by atoms with E-state index in [0.717, 1.165) is 43.0 Å². The number of hydrogen-bond donors (Lipinski definition) is 2. The maximum Gasteiger partial charge on any atom is 0.224 e. The van der Waals surface area contributed by atoms with Crippen molar-refractivity contribution >= 4 is 18.3 Å². The van der Waals surface area contributed by atoms with Crippen molar-refractivity contribution in [2.24, 2.45) is 5.92 Å². The smallest absolute Gasteiger partial charge is 0.224 e. The minimum absolute atomic E-state index is 0. The summed E-state index contributed by atoms with van der Waals surface area (Å²) in [6.07, 6.45) is 2.03. The van der Waals surface area contributed by atoms with Crippen LogP contribution in [-0.4, -0.2) is 32.2 Å². The third-order valence-corrected chi connectivity index (χ3v) is 3.77. The summed E-state index contributed by atoms with van der Waals surface area (Å²) in [5.74, 6) is 1.73. The molecule has 0 saturated carbocycles. The zero-order valence-corrected chi connectivity index (χ0v) is 12.7. The first kappa shape index (κ1) is 15.9. The minimum Gasteiger partial charge on any atom is -0.486 e. The average Bonchev–Trinajstić information content (AvgIpc) is 2.53. The molecular weight excluding hydrogens is 292 g/mol. The number of fused-ring (bicyclic) bond motifs is 1. The number of benzene rings is 1. The Kier molecular flexibility index (Phi) is 5.70. The van der Waals surface area contributed by atoms with Crippen molar-refractivity contribution in [1.29, 1.82) is 0 Å². The number of hydrogen-bond acceptors (Lipinski definition) is 4. The average molecular weight is 313 g/mol. The molecule has 0 spiro atoms. The molecule has 2 heterocycles. The number of amides is 1. The van der Waals surface area contributed by atoms with E-state index in [9.17, 15) is 4.79 Å². The van der Waals surface area contributed by atoms with E-state index in [2.05, 4.69) is 10.6 Å². The SMILES string of the molecule is Cl.O=C(NCc1cccc2c1OCCO2)C1CCCNC1. The van der Waals surface area contributed by atoms with E-state index in [4.69, 9.17) is 9.47 Å². The summed E-state index contributed by atoms with van der Waals surface area (Å²) in [5.41, 5.74) is 0.972. The Hall–Kier alpha value is -1.46. The van der Waals surface area contributed by atoms with Crippen molar-refractivity contribution in [3.05, 3.63) is 23.8 Å². The lowest BCUT2D eigenvalue weighted by molar-refractivity contribution is -0.125. The quantitative estimate of drug-likeness (QED) is 0.888. The topological polar surface area (TPSA) is 59.6 Å². The Morgan fingerprint density at radius 3 is 3.00 bits per heavy atom. The van der Waals surface area contributed by atoms with E-state index in [0.29, 0.717) is 19.8 Å². The van der Waals surface area contributed by atoms with E-state index in [1.165, 1.54) is 0 Å². The van der Waals surface area contributed by atoms with Crippen LogP contribution in [0.25, 0.3) is 0 Å². The molecule has 1 saturated heterocycles. The van der Waals surface area contributed by atoms with Crippen LogP contribution in [0.5, 0.6) is 11.5 Å². The predicted molar refractivity (Wildman–Crippen MR) is 82.1 cm³/mol.